The van der Waals surface area contributed by atoms with Crippen molar-refractivity contribution in [2.75, 3.05) is 42.1 Å². The number of anilines is 1. The second-order valence-electron chi connectivity index (χ2n) is 7.89. The molecular formula is C21H34IN3O. The molecule has 1 unspecified atom stereocenters. The average molecular weight is 471 g/mol. The van der Waals surface area contributed by atoms with Crippen LogP contribution in [0.1, 0.15) is 38.3 Å². The first-order valence-corrected chi connectivity index (χ1v) is 11.2. The van der Waals surface area contributed by atoms with Crippen LogP contribution >= 0.6 is 22.6 Å². The van der Waals surface area contributed by atoms with Crippen LogP contribution in [-0.2, 0) is 4.79 Å². The van der Waals surface area contributed by atoms with Crippen LogP contribution < -0.4 is 10.2 Å². The Balaban J connectivity index is 1.95. The zero-order valence-electron chi connectivity index (χ0n) is 16.9. The van der Waals surface area contributed by atoms with Gasteiger partial charge < -0.3 is 10.2 Å². The van der Waals surface area contributed by atoms with Crippen LogP contribution in [0.25, 0.3) is 0 Å². The Bertz CT molecular complexity index is 605. The number of piperazine rings is 1. The van der Waals surface area contributed by atoms with E-state index in [1.165, 1.54) is 16.8 Å². The highest BCUT2D eigenvalue weighted by atomic mass is 127. The van der Waals surface area contributed by atoms with E-state index >= 15 is 0 Å². The molecule has 1 heterocycles. The number of benzene rings is 1. The summed E-state index contributed by atoms with van der Waals surface area (Å²) in [5, 5.41) is 3.18. The minimum Gasteiger partial charge on any atom is -0.369 e. The molecule has 0 aromatic heterocycles. The largest absolute Gasteiger partial charge is 0.369 e. The first-order chi connectivity index (χ1) is 12.3. The van der Waals surface area contributed by atoms with Crippen molar-refractivity contribution in [1.82, 2.24) is 10.2 Å². The third-order valence-corrected chi connectivity index (χ3v) is 7.14. The summed E-state index contributed by atoms with van der Waals surface area (Å²) < 4.78 is 1.09. The van der Waals surface area contributed by atoms with Crippen molar-refractivity contribution >= 4 is 34.2 Å². The first-order valence-electron chi connectivity index (χ1n) is 9.71. The van der Waals surface area contributed by atoms with Gasteiger partial charge in [-0.3, -0.25) is 9.69 Å². The number of amides is 1. The summed E-state index contributed by atoms with van der Waals surface area (Å²) >= 11 is 2.41. The molecule has 0 radical (unpaired) electrons. The van der Waals surface area contributed by atoms with Crippen molar-refractivity contribution in [3.63, 3.8) is 0 Å². The van der Waals surface area contributed by atoms with E-state index in [9.17, 15) is 4.79 Å². The van der Waals surface area contributed by atoms with Gasteiger partial charge in [-0.2, -0.15) is 0 Å². The molecule has 1 saturated heterocycles. The number of carbonyl (C=O) groups is 1. The molecule has 4 nitrogen and oxygen atoms in total. The third-order valence-electron chi connectivity index (χ3n) is 5.89. The molecule has 26 heavy (non-hydrogen) atoms. The van der Waals surface area contributed by atoms with E-state index in [0.717, 1.165) is 43.6 Å². The fourth-order valence-electron chi connectivity index (χ4n) is 3.49. The van der Waals surface area contributed by atoms with E-state index in [2.05, 4.69) is 90.5 Å². The summed E-state index contributed by atoms with van der Waals surface area (Å²) in [5.74, 6) is 0.720. The molecule has 0 spiro atoms. The van der Waals surface area contributed by atoms with Crippen LogP contribution in [0.3, 0.4) is 0 Å². The van der Waals surface area contributed by atoms with Gasteiger partial charge in [0.15, 0.2) is 0 Å². The molecule has 1 N–H and O–H groups in total. The van der Waals surface area contributed by atoms with E-state index in [4.69, 9.17) is 0 Å². The Morgan fingerprint density at radius 1 is 1.23 bits per heavy atom. The Morgan fingerprint density at radius 2 is 1.88 bits per heavy atom. The van der Waals surface area contributed by atoms with E-state index in [-0.39, 0.29) is 5.91 Å². The van der Waals surface area contributed by atoms with Gasteiger partial charge in [0.2, 0.25) is 5.91 Å². The smallest absolute Gasteiger partial charge is 0.239 e. The lowest BCUT2D eigenvalue weighted by Crippen LogP contribution is -2.61. The monoisotopic (exact) mass is 471 g/mol. The van der Waals surface area contributed by atoms with Crippen LogP contribution in [0.15, 0.2) is 18.2 Å². The van der Waals surface area contributed by atoms with Gasteiger partial charge in [-0.25, -0.2) is 0 Å². The number of alkyl halides is 1. The van der Waals surface area contributed by atoms with Crippen molar-refractivity contribution in [2.24, 2.45) is 5.92 Å². The first kappa shape index (κ1) is 21.5. The fraction of sp³-hybridized carbons (Fsp3) is 0.667. The van der Waals surface area contributed by atoms with Gasteiger partial charge in [0.25, 0.3) is 0 Å². The third kappa shape index (κ3) is 4.91. The number of carbonyl (C=O) groups excluding carboxylic acids is 1. The fourth-order valence-corrected chi connectivity index (χ4v) is 4.42. The van der Waals surface area contributed by atoms with E-state index < -0.39 is 5.54 Å². The summed E-state index contributed by atoms with van der Waals surface area (Å²) in [6.07, 6.45) is 1.11. The Kier molecular flexibility index (Phi) is 7.76. The number of aryl methyl sites for hydroxylation is 1. The topological polar surface area (TPSA) is 35.6 Å². The highest BCUT2D eigenvalue weighted by Crippen LogP contribution is 2.26. The highest BCUT2D eigenvalue weighted by Gasteiger charge is 2.36. The predicted molar refractivity (Wildman–Crippen MR) is 119 cm³/mol. The van der Waals surface area contributed by atoms with E-state index in [1.54, 1.807) is 0 Å². The minimum atomic E-state index is -0.461. The van der Waals surface area contributed by atoms with Gasteiger partial charge in [-0.1, -0.05) is 48.1 Å². The molecule has 1 aromatic rings. The molecule has 1 fully saturated rings. The number of hydrogen-bond donors (Lipinski definition) is 1. The lowest BCUT2D eigenvalue weighted by atomic mass is 9.99. The number of nitrogens with one attached hydrogen (secondary N) is 1. The molecule has 146 valence electrons. The Morgan fingerprint density at radius 3 is 2.46 bits per heavy atom. The van der Waals surface area contributed by atoms with Crippen molar-refractivity contribution in [2.45, 2.75) is 46.6 Å². The number of nitrogens with zero attached hydrogens (tertiary/aromatic N) is 2. The van der Waals surface area contributed by atoms with E-state index in [0.29, 0.717) is 5.92 Å². The van der Waals surface area contributed by atoms with Crippen molar-refractivity contribution < 1.29 is 4.79 Å². The molecule has 5 heteroatoms. The van der Waals surface area contributed by atoms with Gasteiger partial charge >= 0.3 is 0 Å². The van der Waals surface area contributed by atoms with Crippen molar-refractivity contribution in [1.29, 1.82) is 0 Å². The second kappa shape index (κ2) is 9.40. The number of rotatable bonds is 7. The maximum atomic E-state index is 12.8. The van der Waals surface area contributed by atoms with Gasteiger partial charge in [-0.15, -0.1) is 0 Å². The average Bonchev–Trinajstić information content (AvgIpc) is 2.64. The summed E-state index contributed by atoms with van der Waals surface area (Å²) in [6, 6.07) is 6.52. The summed E-state index contributed by atoms with van der Waals surface area (Å²) in [7, 11) is 0. The van der Waals surface area contributed by atoms with Crippen LogP contribution in [0.5, 0.6) is 0 Å². The second-order valence-corrected chi connectivity index (χ2v) is 8.77. The summed E-state index contributed by atoms with van der Waals surface area (Å²) in [4.78, 5) is 17.6. The lowest BCUT2D eigenvalue weighted by molar-refractivity contribution is -0.132. The van der Waals surface area contributed by atoms with Gasteiger partial charge in [0.1, 0.15) is 0 Å². The molecule has 1 aliphatic heterocycles. The number of halogens is 1. The van der Waals surface area contributed by atoms with Crippen LogP contribution in [-0.4, -0.2) is 53.5 Å². The molecule has 0 saturated carbocycles. The normalized spacial score (nSPS) is 17.2. The molecule has 0 aliphatic carbocycles. The quantitative estimate of drug-likeness (QED) is 0.486. The standard InChI is InChI=1S/C21H34IN3O/c1-6-18(14-22)15-23-20(26)21(4,5)25-12-10-24(11-13-25)19-9-7-8-16(2)17(19)3/h7-9,18H,6,10-15H2,1-5H3,(H,23,26). The number of hydrogen-bond acceptors (Lipinski definition) is 3. The summed E-state index contributed by atoms with van der Waals surface area (Å²) in [5.41, 5.74) is 3.57. The maximum absolute atomic E-state index is 12.8. The highest BCUT2D eigenvalue weighted by molar-refractivity contribution is 14.1. The zero-order chi connectivity index (χ0) is 19.3. The zero-order valence-corrected chi connectivity index (χ0v) is 19.1. The van der Waals surface area contributed by atoms with Crippen molar-refractivity contribution in [3.8, 4) is 0 Å². The van der Waals surface area contributed by atoms with E-state index in [1.807, 2.05) is 0 Å². The lowest BCUT2D eigenvalue weighted by Gasteiger charge is -2.44. The van der Waals surface area contributed by atoms with Crippen molar-refractivity contribution in [3.05, 3.63) is 29.3 Å². The Hall–Kier alpha value is -0.820. The maximum Gasteiger partial charge on any atom is 0.239 e. The minimum absolute atomic E-state index is 0.154. The molecule has 1 atom stereocenters. The molecule has 1 amide bonds. The van der Waals surface area contributed by atoms with Gasteiger partial charge in [-0.05, 0) is 50.8 Å². The van der Waals surface area contributed by atoms with Crippen LogP contribution in [0, 0.1) is 19.8 Å². The molecular weight excluding hydrogens is 437 g/mol. The predicted octanol–water partition coefficient (Wildman–Crippen LogP) is 3.78. The molecule has 2 rings (SSSR count). The molecule has 1 aromatic carbocycles. The summed E-state index contributed by atoms with van der Waals surface area (Å²) in [6.45, 7) is 15.2. The van der Waals surface area contributed by atoms with Crippen LogP contribution in [0.2, 0.25) is 0 Å². The molecule has 0 bridgehead atoms. The Labute approximate surface area is 172 Å². The van der Waals surface area contributed by atoms with Crippen LogP contribution in [0.4, 0.5) is 5.69 Å². The van der Waals surface area contributed by atoms with Gasteiger partial charge in [0.05, 0.1) is 5.54 Å². The SMILES string of the molecule is CCC(CI)CNC(=O)C(C)(C)N1CCN(c2cccc(C)c2C)CC1. The molecule has 1 aliphatic rings. The van der Waals surface area contributed by atoms with Gasteiger partial charge in [0, 0.05) is 42.8 Å².